The van der Waals surface area contributed by atoms with Gasteiger partial charge in [0.2, 0.25) is 0 Å². The molecule has 1 aliphatic rings. The lowest BCUT2D eigenvalue weighted by atomic mass is 9.74. The predicted molar refractivity (Wildman–Crippen MR) is 128 cm³/mol. The highest BCUT2D eigenvalue weighted by atomic mass is 16.3. The Bertz CT molecular complexity index is 1060. The second-order valence-electron chi connectivity index (χ2n) is 8.29. The van der Waals surface area contributed by atoms with Gasteiger partial charge in [0, 0.05) is 24.8 Å². The molecule has 1 fully saturated rings. The van der Waals surface area contributed by atoms with Gasteiger partial charge in [-0.3, -0.25) is 10.00 Å². The minimum atomic E-state index is -0.473. The maximum absolute atomic E-state index is 10.8. The van der Waals surface area contributed by atoms with Crippen LogP contribution >= 0.6 is 0 Å². The van der Waals surface area contributed by atoms with Crippen LogP contribution in [0.2, 0.25) is 0 Å². The highest BCUT2D eigenvalue weighted by Crippen LogP contribution is 2.44. The van der Waals surface area contributed by atoms with Gasteiger partial charge in [0.25, 0.3) is 0 Å². The fourth-order valence-electron chi connectivity index (χ4n) is 4.94. The van der Waals surface area contributed by atoms with Crippen molar-refractivity contribution in [3.63, 3.8) is 0 Å². The summed E-state index contributed by atoms with van der Waals surface area (Å²) >= 11 is 0. The third-order valence-electron chi connectivity index (χ3n) is 6.39. The van der Waals surface area contributed by atoms with Crippen LogP contribution in [0.1, 0.15) is 28.7 Å². The van der Waals surface area contributed by atoms with E-state index in [-0.39, 0.29) is 0 Å². The summed E-state index contributed by atoms with van der Waals surface area (Å²) in [5.41, 5.74) is 5.17. The molecule has 32 heavy (non-hydrogen) atoms. The number of aliphatic hydroxyl groups is 1. The minimum absolute atomic E-state index is 0.457. The van der Waals surface area contributed by atoms with E-state index in [9.17, 15) is 5.11 Å². The molecule has 4 nitrogen and oxygen atoms in total. The first-order valence-corrected chi connectivity index (χ1v) is 11.1. The van der Waals surface area contributed by atoms with Gasteiger partial charge in [0.05, 0.1) is 17.8 Å². The van der Waals surface area contributed by atoms with Gasteiger partial charge in [-0.1, -0.05) is 91.0 Å². The van der Waals surface area contributed by atoms with Crippen molar-refractivity contribution < 1.29 is 5.11 Å². The second-order valence-corrected chi connectivity index (χ2v) is 8.29. The number of benzene rings is 3. The number of nitrogens with one attached hydrogen (secondary N) is 1. The number of hydrogen-bond donors (Lipinski definition) is 2. The number of piperidine rings is 1. The van der Waals surface area contributed by atoms with Crippen LogP contribution in [-0.2, 0) is 5.54 Å². The lowest BCUT2D eigenvalue weighted by Gasteiger charge is -2.48. The number of aliphatic hydroxyl groups excluding tert-OH is 1. The van der Waals surface area contributed by atoms with E-state index < -0.39 is 11.6 Å². The van der Waals surface area contributed by atoms with Gasteiger partial charge in [0.1, 0.15) is 0 Å². The Morgan fingerprint density at radius 3 is 1.84 bits per heavy atom. The van der Waals surface area contributed by atoms with Crippen LogP contribution < -0.4 is 0 Å². The van der Waals surface area contributed by atoms with Gasteiger partial charge in [-0.05, 0) is 34.8 Å². The molecule has 0 spiro atoms. The summed E-state index contributed by atoms with van der Waals surface area (Å²) in [5, 5.41) is 17.8. The number of rotatable bonds is 5. The summed E-state index contributed by atoms with van der Waals surface area (Å²) in [6.07, 6.45) is 5.93. The van der Waals surface area contributed by atoms with Crippen LogP contribution in [0.4, 0.5) is 0 Å². The first kappa shape index (κ1) is 20.4. The van der Waals surface area contributed by atoms with Gasteiger partial charge in [-0.2, -0.15) is 5.10 Å². The fraction of sp³-hybridized carbons (Fsp3) is 0.179. The molecular weight excluding hydrogens is 394 g/mol. The Morgan fingerprint density at radius 2 is 1.38 bits per heavy atom. The van der Waals surface area contributed by atoms with Crippen molar-refractivity contribution in [1.29, 1.82) is 0 Å². The monoisotopic (exact) mass is 421 g/mol. The zero-order valence-corrected chi connectivity index (χ0v) is 17.9. The molecule has 2 N–H and O–H groups in total. The van der Waals surface area contributed by atoms with Crippen molar-refractivity contribution >= 4 is 6.08 Å². The highest BCUT2D eigenvalue weighted by molar-refractivity contribution is 5.55. The first-order valence-electron chi connectivity index (χ1n) is 11.1. The number of hydrogen-bond acceptors (Lipinski definition) is 3. The molecule has 2 heterocycles. The van der Waals surface area contributed by atoms with Gasteiger partial charge >= 0.3 is 0 Å². The van der Waals surface area contributed by atoms with Crippen LogP contribution in [0.25, 0.3) is 6.08 Å². The zero-order chi connectivity index (χ0) is 21.8. The van der Waals surface area contributed by atoms with Gasteiger partial charge in [0.15, 0.2) is 0 Å². The summed E-state index contributed by atoms with van der Waals surface area (Å²) in [5.74, 6) is 0. The van der Waals surface area contributed by atoms with E-state index in [1.807, 2.05) is 6.20 Å². The number of likely N-dealkylation sites (tertiary alicyclic amines) is 1. The molecule has 1 aliphatic heterocycles. The lowest BCUT2D eigenvalue weighted by molar-refractivity contribution is 0.0872. The molecule has 1 saturated heterocycles. The SMILES string of the molecule is OC1CCN(C(c2ccccc2)(c2ccccc2)c2ccccc2)CC1=Cc1cn[nH]c1. The predicted octanol–water partition coefficient (Wildman–Crippen LogP) is 4.85. The average molecular weight is 422 g/mol. The van der Waals surface area contributed by atoms with Crippen molar-refractivity contribution in [3.05, 3.63) is 131 Å². The molecule has 5 rings (SSSR count). The van der Waals surface area contributed by atoms with Gasteiger partial charge in [-0.25, -0.2) is 0 Å². The number of H-pyrrole nitrogens is 1. The molecule has 0 radical (unpaired) electrons. The third kappa shape index (κ3) is 3.68. The Hall–Kier alpha value is -3.47. The Labute approximate surface area is 188 Å². The smallest absolute Gasteiger partial charge is 0.0975 e. The van der Waals surface area contributed by atoms with E-state index in [0.29, 0.717) is 13.0 Å². The van der Waals surface area contributed by atoms with Crippen molar-refractivity contribution in [2.45, 2.75) is 18.1 Å². The Balaban J connectivity index is 1.71. The van der Waals surface area contributed by atoms with Crippen LogP contribution in [0.3, 0.4) is 0 Å². The van der Waals surface area contributed by atoms with Crippen molar-refractivity contribution in [3.8, 4) is 0 Å². The fourth-order valence-corrected chi connectivity index (χ4v) is 4.94. The molecule has 4 heteroatoms. The van der Waals surface area contributed by atoms with Gasteiger partial charge < -0.3 is 5.11 Å². The molecule has 1 atom stereocenters. The summed E-state index contributed by atoms with van der Waals surface area (Å²) in [7, 11) is 0. The molecule has 160 valence electrons. The maximum atomic E-state index is 10.8. The number of aromatic amines is 1. The topological polar surface area (TPSA) is 52.1 Å². The molecular formula is C28H27N3O. The summed E-state index contributed by atoms with van der Waals surface area (Å²) in [6.45, 7) is 1.44. The average Bonchev–Trinajstić information content (AvgIpc) is 3.37. The summed E-state index contributed by atoms with van der Waals surface area (Å²) < 4.78 is 0. The number of aromatic nitrogens is 2. The molecule has 4 aromatic rings. The molecule has 0 aliphatic carbocycles. The normalized spacial score (nSPS) is 18.7. The second kappa shape index (κ2) is 8.95. The van der Waals surface area contributed by atoms with Crippen molar-refractivity contribution in [2.75, 3.05) is 13.1 Å². The quantitative estimate of drug-likeness (QED) is 0.453. The van der Waals surface area contributed by atoms with Crippen LogP contribution in [0.15, 0.2) is 109 Å². The molecule has 1 aromatic heterocycles. The molecule has 0 saturated carbocycles. The minimum Gasteiger partial charge on any atom is -0.389 e. The molecule has 3 aromatic carbocycles. The lowest BCUT2D eigenvalue weighted by Crippen LogP contribution is -2.52. The maximum Gasteiger partial charge on any atom is 0.0975 e. The molecule has 0 bridgehead atoms. The number of nitrogens with zero attached hydrogens (tertiary/aromatic N) is 2. The van der Waals surface area contributed by atoms with Gasteiger partial charge in [-0.15, -0.1) is 0 Å². The van der Waals surface area contributed by atoms with E-state index in [1.165, 1.54) is 16.7 Å². The van der Waals surface area contributed by atoms with Crippen molar-refractivity contribution in [1.82, 2.24) is 15.1 Å². The summed E-state index contributed by atoms with van der Waals surface area (Å²) in [4.78, 5) is 2.51. The summed E-state index contributed by atoms with van der Waals surface area (Å²) in [6, 6.07) is 32.1. The van der Waals surface area contributed by atoms with Crippen molar-refractivity contribution in [2.24, 2.45) is 0 Å². The van der Waals surface area contributed by atoms with Crippen LogP contribution in [0, 0.1) is 0 Å². The van der Waals surface area contributed by atoms with E-state index in [2.05, 4.69) is 112 Å². The Kier molecular flexibility index (Phi) is 5.71. The molecule has 0 amide bonds. The van der Waals surface area contributed by atoms with E-state index in [4.69, 9.17) is 0 Å². The van der Waals surface area contributed by atoms with E-state index >= 15 is 0 Å². The standard InChI is InChI=1S/C28H27N3O/c32-27-16-17-31(21-23(27)18-22-19-29-30-20-22)28(24-10-4-1-5-11-24,25-12-6-2-7-13-25)26-14-8-3-9-15-26/h1-15,18-20,27,32H,16-17,21H2,(H,29,30). The van der Waals surface area contributed by atoms with E-state index in [1.54, 1.807) is 6.20 Å². The largest absolute Gasteiger partial charge is 0.389 e. The third-order valence-corrected chi connectivity index (χ3v) is 6.39. The van der Waals surface area contributed by atoms with Crippen LogP contribution in [0.5, 0.6) is 0 Å². The molecule has 1 unspecified atom stereocenters. The highest BCUT2D eigenvalue weighted by Gasteiger charge is 2.44. The zero-order valence-electron chi connectivity index (χ0n) is 17.9. The van der Waals surface area contributed by atoms with Crippen LogP contribution in [-0.4, -0.2) is 39.4 Å². The van der Waals surface area contributed by atoms with E-state index in [0.717, 1.165) is 17.7 Å². The first-order chi connectivity index (χ1) is 15.8. The Morgan fingerprint density at radius 1 is 0.844 bits per heavy atom.